The summed E-state index contributed by atoms with van der Waals surface area (Å²) in [6.45, 7) is 0.347. The first-order chi connectivity index (χ1) is 12.2. The average Bonchev–Trinajstić information content (AvgIpc) is 3.30. The molecule has 0 atom stereocenters. The van der Waals surface area contributed by atoms with Gasteiger partial charge in [0.15, 0.2) is 10.8 Å². The molecule has 0 saturated heterocycles. The third-order valence-electron chi connectivity index (χ3n) is 3.25. The first-order valence-electron chi connectivity index (χ1n) is 7.32. The number of methoxy groups -OCH3 is 1. The van der Waals surface area contributed by atoms with Crippen LogP contribution in [0.1, 0.15) is 16.9 Å². The molecule has 0 aliphatic rings. The lowest BCUT2D eigenvalue weighted by Gasteiger charge is -2.00. The molecule has 128 valence electrons. The number of benzene rings is 1. The lowest BCUT2D eigenvalue weighted by Crippen LogP contribution is -2.15. The summed E-state index contributed by atoms with van der Waals surface area (Å²) in [4.78, 5) is 28.9. The van der Waals surface area contributed by atoms with Gasteiger partial charge in [-0.2, -0.15) is 0 Å². The normalized spacial score (nSPS) is 10.4. The summed E-state index contributed by atoms with van der Waals surface area (Å²) in [5, 5.41) is 13.7. The number of hydrogen-bond acceptors (Lipinski definition) is 8. The van der Waals surface area contributed by atoms with Gasteiger partial charge in [0.05, 0.1) is 18.5 Å². The highest BCUT2D eigenvalue weighted by Gasteiger charge is 2.21. The molecule has 1 aromatic carbocycles. The number of aryl methyl sites for hydroxylation is 1. The van der Waals surface area contributed by atoms with E-state index in [2.05, 4.69) is 25.8 Å². The minimum Gasteiger partial charge on any atom is -0.464 e. The maximum Gasteiger partial charge on any atom is 0.358 e. The Hall–Kier alpha value is -3.14. The van der Waals surface area contributed by atoms with Crippen molar-refractivity contribution in [1.82, 2.24) is 25.2 Å². The summed E-state index contributed by atoms with van der Waals surface area (Å²) >= 11 is 1.22. The van der Waals surface area contributed by atoms with Crippen molar-refractivity contribution >= 4 is 28.3 Å². The van der Waals surface area contributed by atoms with Crippen molar-refractivity contribution in [3.63, 3.8) is 0 Å². The van der Waals surface area contributed by atoms with Crippen molar-refractivity contribution in [2.75, 3.05) is 12.4 Å². The molecular weight excluding hydrogens is 344 g/mol. The molecule has 1 N–H and O–H groups in total. The minimum absolute atomic E-state index is 0.175. The molecule has 1 amide bonds. The lowest BCUT2D eigenvalue weighted by atomic mass is 10.1. The van der Waals surface area contributed by atoms with Crippen LogP contribution >= 0.6 is 11.3 Å². The zero-order chi connectivity index (χ0) is 17.6. The van der Waals surface area contributed by atoms with Crippen molar-refractivity contribution in [3.05, 3.63) is 42.4 Å². The number of rotatable bonds is 6. The largest absolute Gasteiger partial charge is 0.464 e. The van der Waals surface area contributed by atoms with Crippen LogP contribution in [0.25, 0.3) is 10.4 Å². The summed E-state index contributed by atoms with van der Waals surface area (Å²) in [7, 11) is 1.29. The van der Waals surface area contributed by atoms with Gasteiger partial charge in [0.2, 0.25) is 5.91 Å². The van der Waals surface area contributed by atoms with E-state index in [1.54, 1.807) is 0 Å². The number of nitrogens with zero attached hydrogens (tertiary/aromatic N) is 5. The first kappa shape index (κ1) is 16.7. The van der Waals surface area contributed by atoms with Crippen LogP contribution in [0.2, 0.25) is 0 Å². The Kier molecular flexibility index (Phi) is 5.09. The maximum absolute atomic E-state index is 12.1. The Morgan fingerprint density at radius 1 is 1.28 bits per heavy atom. The van der Waals surface area contributed by atoms with E-state index >= 15 is 0 Å². The molecule has 2 heterocycles. The minimum atomic E-state index is -0.552. The molecule has 2 aromatic heterocycles. The zero-order valence-corrected chi connectivity index (χ0v) is 14.1. The SMILES string of the molecule is COC(=O)c1nc(NC(=O)CCn2cnnn2)sc1-c1ccccc1. The quantitative estimate of drug-likeness (QED) is 0.666. The van der Waals surface area contributed by atoms with E-state index in [1.807, 2.05) is 30.3 Å². The van der Waals surface area contributed by atoms with Crippen molar-refractivity contribution in [1.29, 1.82) is 0 Å². The molecule has 0 unspecified atom stereocenters. The Balaban J connectivity index is 1.76. The van der Waals surface area contributed by atoms with Crippen molar-refractivity contribution in [3.8, 4) is 10.4 Å². The molecule has 0 aliphatic heterocycles. The number of ether oxygens (including phenoxy) is 1. The van der Waals surface area contributed by atoms with Crippen molar-refractivity contribution in [2.24, 2.45) is 0 Å². The van der Waals surface area contributed by atoms with Crippen LogP contribution in [0.3, 0.4) is 0 Å². The van der Waals surface area contributed by atoms with Gasteiger partial charge in [0.1, 0.15) is 6.33 Å². The van der Waals surface area contributed by atoms with E-state index in [-0.39, 0.29) is 18.0 Å². The van der Waals surface area contributed by atoms with Gasteiger partial charge in [0, 0.05) is 6.42 Å². The van der Waals surface area contributed by atoms with E-state index in [0.29, 0.717) is 16.6 Å². The molecule has 10 heteroatoms. The molecule has 25 heavy (non-hydrogen) atoms. The van der Waals surface area contributed by atoms with Gasteiger partial charge in [-0.25, -0.2) is 14.5 Å². The Morgan fingerprint density at radius 2 is 2.08 bits per heavy atom. The molecule has 9 nitrogen and oxygen atoms in total. The number of carbonyl (C=O) groups is 2. The molecule has 0 radical (unpaired) electrons. The smallest absolute Gasteiger partial charge is 0.358 e. The number of amides is 1. The van der Waals surface area contributed by atoms with Crippen LogP contribution in [0.4, 0.5) is 5.13 Å². The number of carbonyl (C=O) groups excluding carboxylic acids is 2. The summed E-state index contributed by atoms with van der Waals surface area (Å²) in [6.07, 6.45) is 1.61. The highest BCUT2D eigenvalue weighted by molar-refractivity contribution is 7.19. The van der Waals surface area contributed by atoms with Crippen LogP contribution in [-0.4, -0.2) is 44.2 Å². The predicted molar refractivity (Wildman–Crippen MR) is 90.0 cm³/mol. The number of thiazole rings is 1. The van der Waals surface area contributed by atoms with E-state index in [1.165, 1.54) is 29.5 Å². The van der Waals surface area contributed by atoms with Gasteiger partial charge in [-0.3, -0.25) is 4.79 Å². The van der Waals surface area contributed by atoms with Crippen LogP contribution in [-0.2, 0) is 16.1 Å². The third-order valence-corrected chi connectivity index (χ3v) is 4.27. The number of esters is 1. The van der Waals surface area contributed by atoms with E-state index in [4.69, 9.17) is 4.74 Å². The molecular formula is C15H14N6O3S. The lowest BCUT2D eigenvalue weighted by molar-refractivity contribution is -0.116. The van der Waals surface area contributed by atoms with Gasteiger partial charge in [-0.05, 0) is 16.0 Å². The number of hydrogen-bond donors (Lipinski definition) is 1. The van der Waals surface area contributed by atoms with Gasteiger partial charge >= 0.3 is 5.97 Å². The fourth-order valence-electron chi connectivity index (χ4n) is 2.07. The van der Waals surface area contributed by atoms with Crippen molar-refractivity contribution < 1.29 is 14.3 Å². The second-order valence-electron chi connectivity index (χ2n) is 4.93. The van der Waals surface area contributed by atoms with Gasteiger partial charge in [0.25, 0.3) is 0 Å². The Morgan fingerprint density at radius 3 is 2.76 bits per heavy atom. The molecule has 0 saturated carbocycles. The van der Waals surface area contributed by atoms with E-state index in [9.17, 15) is 9.59 Å². The van der Waals surface area contributed by atoms with E-state index in [0.717, 1.165) is 5.56 Å². The highest BCUT2D eigenvalue weighted by atomic mass is 32.1. The molecule has 0 bridgehead atoms. The van der Waals surface area contributed by atoms with Gasteiger partial charge in [-0.15, -0.1) is 5.10 Å². The summed E-state index contributed by atoms with van der Waals surface area (Å²) in [5.41, 5.74) is 1.00. The molecule has 3 rings (SSSR count). The van der Waals surface area contributed by atoms with Crippen LogP contribution in [0.15, 0.2) is 36.7 Å². The number of aromatic nitrogens is 5. The zero-order valence-electron chi connectivity index (χ0n) is 13.2. The van der Waals surface area contributed by atoms with Gasteiger partial charge < -0.3 is 10.1 Å². The molecule has 0 fully saturated rings. The average molecular weight is 358 g/mol. The predicted octanol–water partition coefficient (Wildman–Crippen LogP) is 1.61. The van der Waals surface area contributed by atoms with E-state index < -0.39 is 5.97 Å². The monoisotopic (exact) mass is 358 g/mol. The molecule has 3 aromatic rings. The Labute approximate surface area is 146 Å². The van der Waals surface area contributed by atoms with Crippen LogP contribution in [0, 0.1) is 0 Å². The fourth-order valence-corrected chi connectivity index (χ4v) is 3.05. The Bertz CT molecular complexity index is 863. The standard InChI is InChI=1S/C15H14N6O3S/c1-24-14(23)12-13(10-5-3-2-4-6-10)25-15(18-12)17-11(22)7-8-21-9-16-19-20-21/h2-6,9H,7-8H2,1H3,(H,17,18,22). The van der Waals surface area contributed by atoms with Crippen LogP contribution < -0.4 is 5.32 Å². The second-order valence-corrected chi connectivity index (χ2v) is 5.92. The number of tetrazole rings is 1. The highest BCUT2D eigenvalue weighted by Crippen LogP contribution is 2.33. The third kappa shape index (κ3) is 4.04. The van der Waals surface area contributed by atoms with Gasteiger partial charge in [-0.1, -0.05) is 41.7 Å². The summed E-state index contributed by atoms with van der Waals surface area (Å²) in [6, 6.07) is 9.33. The topological polar surface area (TPSA) is 112 Å². The van der Waals surface area contributed by atoms with Crippen LogP contribution in [0.5, 0.6) is 0 Å². The first-order valence-corrected chi connectivity index (χ1v) is 8.14. The molecule has 0 spiro atoms. The summed E-state index contributed by atoms with van der Waals surface area (Å²) in [5.74, 6) is -0.801. The molecule has 0 aliphatic carbocycles. The summed E-state index contributed by atoms with van der Waals surface area (Å²) < 4.78 is 6.24. The number of nitrogens with one attached hydrogen (secondary N) is 1. The second kappa shape index (κ2) is 7.62. The maximum atomic E-state index is 12.1. The number of anilines is 1. The fraction of sp³-hybridized carbons (Fsp3) is 0.200. The van der Waals surface area contributed by atoms with Crippen molar-refractivity contribution in [2.45, 2.75) is 13.0 Å².